The molecular weight excluding hydrogens is 402 g/mol. The number of benzene rings is 3. The van der Waals surface area contributed by atoms with Crippen LogP contribution in [0.1, 0.15) is 16.7 Å². The summed E-state index contributed by atoms with van der Waals surface area (Å²) in [6.45, 7) is 2.47. The topological polar surface area (TPSA) is 74.4 Å². The van der Waals surface area contributed by atoms with Gasteiger partial charge in [0.05, 0.1) is 24.9 Å². The van der Waals surface area contributed by atoms with Gasteiger partial charge in [0.15, 0.2) is 0 Å². The fourth-order valence-corrected chi connectivity index (χ4v) is 3.70. The third-order valence-electron chi connectivity index (χ3n) is 5.38. The molecule has 4 aromatic rings. The van der Waals surface area contributed by atoms with Gasteiger partial charge in [0.1, 0.15) is 5.75 Å². The summed E-state index contributed by atoms with van der Waals surface area (Å²) in [7, 11) is 1.56. The Kier molecular flexibility index (Phi) is 6.22. The van der Waals surface area contributed by atoms with Gasteiger partial charge in [0.25, 0.3) is 5.56 Å². The zero-order chi connectivity index (χ0) is 22.5. The number of rotatable bonds is 6. The molecule has 0 aliphatic carbocycles. The van der Waals surface area contributed by atoms with Crippen molar-refractivity contribution in [2.45, 2.75) is 20.0 Å². The van der Waals surface area contributed by atoms with Crippen molar-refractivity contribution in [2.75, 3.05) is 12.4 Å². The first-order valence-electron chi connectivity index (χ1n) is 10.4. The molecule has 0 fully saturated rings. The fourth-order valence-electron chi connectivity index (χ4n) is 3.70. The first-order valence-corrected chi connectivity index (χ1v) is 10.4. The molecule has 0 saturated heterocycles. The molecule has 0 aliphatic heterocycles. The number of aromatic amines is 1. The molecule has 0 bridgehead atoms. The van der Waals surface area contributed by atoms with Crippen LogP contribution in [0.5, 0.6) is 5.75 Å². The lowest BCUT2D eigenvalue weighted by Gasteiger charge is -2.24. The monoisotopic (exact) mass is 427 g/mol. The molecule has 3 aromatic carbocycles. The first kappa shape index (κ1) is 21.2. The average Bonchev–Trinajstić information content (AvgIpc) is 2.81. The lowest BCUT2D eigenvalue weighted by atomic mass is 10.1. The van der Waals surface area contributed by atoms with E-state index in [4.69, 9.17) is 4.74 Å². The van der Waals surface area contributed by atoms with E-state index in [0.29, 0.717) is 23.5 Å². The molecule has 32 heavy (non-hydrogen) atoms. The van der Waals surface area contributed by atoms with E-state index < -0.39 is 0 Å². The molecule has 0 atom stereocenters. The van der Waals surface area contributed by atoms with Gasteiger partial charge in [0.2, 0.25) is 0 Å². The maximum Gasteiger partial charge on any atom is 0.322 e. The highest BCUT2D eigenvalue weighted by molar-refractivity contribution is 5.91. The molecule has 0 aliphatic rings. The van der Waals surface area contributed by atoms with Crippen molar-refractivity contribution in [3.63, 3.8) is 0 Å². The molecule has 0 saturated carbocycles. The van der Waals surface area contributed by atoms with E-state index >= 15 is 0 Å². The minimum Gasteiger partial charge on any atom is -0.495 e. The highest BCUT2D eigenvalue weighted by Crippen LogP contribution is 2.24. The van der Waals surface area contributed by atoms with Crippen molar-refractivity contribution < 1.29 is 9.53 Å². The predicted molar refractivity (Wildman–Crippen MR) is 127 cm³/mol. The average molecular weight is 428 g/mol. The van der Waals surface area contributed by atoms with Gasteiger partial charge < -0.3 is 19.9 Å². The Bertz CT molecular complexity index is 1300. The van der Waals surface area contributed by atoms with Crippen molar-refractivity contribution in [1.29, 1.82) is 0 Å². The summed E-state index contributed by atoms with van der Waals surface area (Å²) in [6, 6.07) is 24.3. The van der Waals surface area contributed by atoms with Crippen molar-refractivity contribution in [3.8, 4) is 5.75 Å². The Morgan fingerprint density at radius 3 is 2.50 bits per heavy atom. The maximum atomic E-state index is 13.3. The van der Waals surface area contributed by atoms with Gasteiger partial charge in [-0.25, -0.2) is 4.79 Å². The molecule has 2 amide bonds. The maximum absolute atomic E-state index is 13.3. The number of amides is 2. The molecule has 6 heteroatoms. The van der Waals surface area contributed by atoms with Crippen LogP contribution in [0.3, 0.4) is 0 Å². The van der Waals surface area contributed by atoms with Gasteiger partial charge in [-0.15, -0.1) is 0 Å². The van der Waals surface area contributed by atoms with Crippen molar-refractivity contribution in [2.24, 2.45) is 0 Å². The number of aryl methyl sites for hydroxylation is 1. The van der Waals surface area contributed by atoms with Gasteiger partial charge in [-0.2, -0.15) is 0 Å². The Morgan fingerprint density at radius 1 is 0.969 bits per heavy atom. The number of carbonyl (C=O) groups excluding carboxylic acids is 1. The molecule has 162 valence electrons. The minimum atomic E-state index is -0.318. The Balaban J connectivity index is 1.66. The number of carbonyl (C=O) groups is 1. The van der Waals surface area contributed by atoms with E-state index in [1.54, 1.807) is 24.1 Å². The molecule has 2 N–H and O–H groups in total. The molecule has 0 unspecified atom stereocenters. The number of methoxy groups -OCH3 is 1. The number of pyridine rings is 1. The highest BCUT2D eigenvalue weighted by Gasteiger charge is 2.18. The second-order valence-corrected chi connectivity index (χ2v) is 7.63. The number of hydrogen-bond donors (Lipinski definition) is 2. The molecule has 0 radical (unpaired) electrons. The van der Waals surface area contributed by atoms with Crippen LogP contribution in [-0.4, -0.2) is 23.0 Å². The number of fused-ring (bicyclic) bond motifs is 1. The van der Waals surface area contributed by atoms with Gasteiger partial charge in [-0.1, -0.05) is 60.7 Å². The van der Waals surface area contributed by atoms with Crippen LogP contribution in [0.2, 0.25) is 0 Å². The summed E-state index contributed by atoms with van der Waals surface area (Å²) >= 11 is 0. The van der Waals surface area contributed by atoms with Crippen molar-refractivity contribution >= 4 is 22.6 Å². The minimum absolute atomic E-state index is 0.162. The number of hydrogen-bond acceptors (Lipinski definition) is 3. The molecule has 0 spiro atoms. The number of nitrogens with one attached hydrogen (secondary N) is 2. The summed E-state index contributed by atoms with van der Waals surface area (Å²) in [5, 5.41) is 3.85. The predicted octanol–water partition coefficient (Wildman–Crippen LogP) is 5.08. The summed E-state index contributed by atoms with van der Waals surface area (Å²) in [5.41, 5.74) is 3.68. The molecule has 1 aromatic heterocycles. The van der Waals surface area contributed by atoms with Gasteiger partial charge >= 0.3 is 6.03 Å². The van der Waals surface area contributed by atoms with E-state index in [1.165, 1.54) is 0 Å². The van der Waals surface area contributed by atoms with E-state index in [0.717, 1.165) is 22.0 Å². The van der Waals surface area contributed by atoms with E-state index in [2.05, 4.69) is 10.3 Å². The second-order valence-electron chi connectivity index (χ2n) is 7.63. The zero-order valence-electron chi connectivity index (χ0n) is 18.1. The van der Waals surface area contributed by atoms with Crippen LogP contribution in [-0.2, 0) is 13.1 Å². The molecule has 1 heterocycles. The largest absolute Gasteiger partial charge is 0.495 e. The van der Waals surface area contributed by atoms with Crippen LogP contribution < -0.4 is 15.6 Å². The molecule has 6 nitrogen and oxygen atoms in total. The quantitative estimate of drug-likeness (QED) is 0.451. The van der Waals surface area contributed by atoms with Gasteiger partial charge in [-0.05, 0) is 41.6 Å². The summed E-state index contributed by atoms with van der Waals surface area (Å²) in [6.07, 6.45) is 0. The van der Waals surface area contributed by atoms with E-state index in [1.807, 2.05) is 73.7 Å². The Labute approximate surface area is 186 Å². The summed E-state index contributed by atoms with van der Waals surface area (Å²) in [4.78, 5) is 30.7. The van der Waals surface area contributed by atoms with E-state index in [-0.39, 0.29) is 18.1 Å². The lowest BCUT2D eigenvalue weighted by molar-refractivity contribution is 0.206. The number of anilines is 1. The Hall–Kier alpha value is -4.06. The molecule has 4 rings (SSSR count). The summed E-state index contributed by atoms with van der Waals surface area (Å²) < 4.78 is 5.35. The Morgan fingerprint density at radius 2 is 1.72 bits per heavy atom. The van der Waals surface area contributed by atoms with Gasteiger partial charge in [-0.3, -0.25) is 4.79 Å². The van der Waals surface area contributed by atoms with E-state index in [9.17, 15) is 9.59 Å². The molecular formula is C26H25N3O3. The third-order valence-corrected chi connectivity index (χ3v) is 5.38. The highest BCUT2D eigenvalue weighted by atomic mass is 16.5. The van der Waals surface area contributed by atoms with Gasteiger partial charge in [0, 0.05) is 12.1 Å². The van der Waals surface area contributed by atoms with Crippen LogP contribution >= 0.6 is 0 Å². The van der Waals surface area contributed by atoms with Crippen LogP contribution in [0, 0.1) is 6.92 Å². The summed E-state index contributed by atoms with van der Waals surface area (Å²) in [5.74, 6) is 0.569. The smallest absolute Gasteiger partial charge is 0.322 e. The van der Waals surface area contributed by atoms with Crippen LogP contribution in [0.25, 0.3) is 10.9 Å². The number of para-hydroxylation sites is 3. The van der Waals surface area contributed by atoms with Crippen molar-refractivity contribution in [1.82, 2.24) is 9.88 Å². The number of aromatic nitrogens is 1. The normalized spacial score (nSPS) is 10.7. The van der Waals surface area contributed by atoms with Crippen LogP contribution in [0.15, 0.2) is 83.7 Å². The third kappa shape index (κ3) is 4.64. The zero-order valence-corrected chi connectivity index (χ0v) is 18.1. The van der Waals surface area contributed by atoms with Crippen molar-refractivity contribution in [3.05, 3.63) is 106 Å². The number of H-pyrrole nitrogens is 1. The number of ether oxygens (including phenoxy) is 1. The van der Waals surface area contributed by atoms with Crippen LogP contribution in [0.4, 0.5) is 10.5 Å². The second kappa shape index (κ2) is 9.39. The fraction of sp³-hybridized carbons (Fsp3) is 0.154. The lowest BCUT2D eigenvalue weighted by Crippen LogP contribution is -2.35. The number of nitrogens with zero attached hydrogens (tertiary/aromatic N) is 1. The standard InChI is InChI=1S/C26H25N3O3/c1-18-9-8-12-20-15-21(25(30)28-24(18)20)17-29(16-19-10-4-3-5-11-19)26(31)27-22-13-6-7-14-23(22)32-2/h3-15H,16-17H2,1-2H3,(H,27,31)(H,28,30). The first-order chi connectivity index (χ1) is 15.5. The number of urea groups is 1. The SMILES string of the molecule is COc1ccccc1NC(=O)N(Cc1ccccc1)Cc1cc2cccc(C)c2[nH]c1=O.